The number of aromatic nitrogens is 1. The first kappa shape index (κ1) is 19.1. The molecule has 0 spiro atoms. The first-order valence-electron chi connectivity index (χ1n) is 8.60. The minimum Gasteiger partial charge on any atom is -0.494 e. The fourth-order valence-corrected chi connectivity index (χ4v) is 3.14. The molecule has 5 nitrogen and oxygen atoms in total. The smallest absolute Gasteiger partial charge is 0.283 e. The molecule has 0 saturated heterocycles. The van der Waals surface area contributed by atoms with Crippen LogP contribution in [0.3, 0.4) is 0 Å². The average Bonchev–Trinajstić information content (AvgIpc) is 2.94. The maximum Gasteiger partial charge on any atom is 0.283 e. The number of benzene rings is 1. The molecule has 2 aromatic rings. The van der Waals surface area contributed by atoms with Crippen molar-refractivity contribution in [2.45, 2.75) is 46.5 Å². The number of ether oxygens (including phenoxy) is 1. The van der Waals surface area contributed by atoms with Gasteiger partial charge in [0.1, 0.15) is 10.6 Å². The molecule has 0 atom stereocenters. The minimum atomic E-state index is -0.230. The van der Waals surface area contributed by atoms with Crippen LogP contribution in [0.1, 0.15) is 58.5 Å². The quantitative estimate of drug-likeness (QED) is 0.408. The molecule has 1 aromatic heterocycles. The van der Waals surface area contributed by atoms with Gasteiger partial charge in [-0.25, -0.2) is 10.4 Å². The summed E-state index contributed by atoms with van der Waals surface area (Å²) in [6.07, 6.45) is 6.39. The van der Waals surface area contributed by atoms with E-state index >= 15 is 0 Å². The molecular weight excluding hydrogens is 334 g/mol. The predicted molar refractivity (Wildman–Crippen MR) is 103 cm³/mol. The highest BCUT2D eigenvalue weighted by molar-refractivity contribution is 7.13. The van der Waals surface area contributed by atoms with E-state index in [1.165, 1.54) is 30.6 Å². The average molecular weight is 359 g/mol. The molecule has 1 N–H and O–H groups in total. The highest BCUT2D eigenvalue weighted by Gasteiger charge is 2.12. The monoisotopic (exact) mass is 359 g/mol. The molecule has 0 fully saturated rings. The Morgan fingerprint density at radius 1 is 1.24 bits per heavy atom. The molecule has 25 heavy (non-hydrogen) atoms. The number of carbonyl (C=O) groups excluding carboxylic acids is 1. The van der Waals surface area contributed by atoms with Crippen molar-refractivity contribution in [1.29, 1.82) is 0 Å². The van der Waals surface area contributed by atoms with Crippen LogP contribution < -0.4 is 10.2 Å². The van der Waals surface area contributed by atoms with Crippen LogP contribution in [0.15, 0.2) is 29.4 Å². The van der Waals surface area contributed by atoms with Crippen molar-refractivity contribution < 1.29 is 9.53 Å². The Bertz CT molecular complexity index is 708. The number of hydrazone groups is 1. The largest absolute Gasteiger partial charge is 0.494 e. The zero-order chi connectivity index (χ0) is 18.1. The lowest BCUT2D eigenvalue weighted by Gasteiger charge is -2.05. The molecule has 6 heteroatoms. The molecule has 0 aliphatic carbocycles. The Hall–Kier alpha value is -2.21. The molecule has 0 saturated carbocycles. The summed E-state index contributed by atoms with van der Waals surface area (Å²) in [5, 5.41) is 4.88. The van der Waals surface area contributed by atoms with Gasteiger partial charge in [0.15, 0.2) is 0 Å². The van der Waals surface area contributed by atoms with Crippen molar-refractivity contribution in [3.8, 4) is 5.75 Å². The molecule has 1 amide bonds. The Balaban J connectivity index is 1.79. The summed E-state index contributed by atoms with van der Waals surface area (Å²) in [7, 11) is 0. The van der Waals surface area contributed by atoms with E-state index in [-0.39, 0.29) is 5.91 Å². The number of rotatable bonds is 9. The van der Waals surface area contributed by atoms with Crippen LogP contribution in [0.25, 0.3) is 0 Å². The number of amides is 1. The van der Waals surface area contributed by atoms with Gasteiger partial charge in [0.2, 0.25) is 0 Å². The van der Waals surface area contributed by atoms with Crippen LogP contribution in [0.4, 0.5) is 0 Å². The Morgan fingerprint density at radius 3 is 2.64 bits per heavy atom. The van der Waals surface area contributed by atoms with Gasteiger partial charge in [-0.1, -0.05) is 26.2 Å². The Kier molecular flexibility index (Phi) is 7.60. The van der Waals surface area contributed by atoms with Crippen molar-refractivity contribution in [3.05, 3.63) is 45.4 Å². The van der Waals surface area contributed by atoms with Crippen LogP contribution in [0, 0.1) is 13.8 Å². The number of thiazole rings is 1. The third kappa shape index (κ3) is 6.31. The third-order valence-corrected chi connectivity index (χ3v) is 4.71. The molecule has 0 unspecified atom stereocenters. The summed E-state index contributed by atoms with van der Waals surface area (Å²) < 4.78 is 5.70. The molecule has 134 valence electrons. The lowest BCUT2D eigenvalue weighted by molar-refractivity contribution is 0.0958. The maximum atomic E-state index is 12.0. The van der Waals surface area contributed by atoms with Crippen LogP contribution in [0.2, 0.25) is 0 Å². The van der Waals surface area contributed by atoms with E-state index in [2.05, 4.69) is 22.4 Å². The van der Waals surface area contributed by atoms with Gasteiger partial charge in [-0.3, -0.25) is 4.79 Å². The van der Waals surface area contributed by atoms with E-state index in [4.69, 9.17) is 4.74 Å². The second kappa shape index (κ2) is 9.93. The van der Waals surface area contributed by atoms with Gasteiger partial charge in [0.05, 0.1) is 23.5 Å². The van der Waals surface area contributed by atoms with Crippen LogP contribution in [0.5, 0.6) is 5.75 Å². The second-order valence-corrected chi connectivity index (χ2v) is 7.03. The SMILES string of the molecule is CCCCCCOc1ccc(/C=N/NC(=O)c2sc(C)nc2C)cc1. The van der Waals surface area contributed by atoms with Gasteiger partial charge < -0.3 is 4.74 Å². The molecule has 0 aliphatic heterocycles. The zero-order valence-corrected chi connectivity index (χ0v) is 15.9. The van der Waals surface area contributed by atoms with Crippen molar-refractivity contribution in [2.75, 3.05) is 6.61 Å². The predicted octanol–water partition coefficient (Wildman–Crippen LogP) is 4.48. The van der Waals surface area contributed by atoms with E-state index in [1.807, 2.05) is 38.1 Å². The summed E-state index contributed by atoms with van der Waals surface area (Å²) >= 11 is 1.37. The number of aryl methyl sites for hydroxylation is 2. The van der Waals surface area contributed by atoms with Crippen molar-refractivity contribution in [3.63, 3.8) is 0 Å². The van der Waals surface area contributed by atoms with Gasteiger partial charge in [-0.05, 0) is 50.1 Å². The first-order valence-corrected chi connectivity index (χ1v) is 9.42. The normalized spacial score (nSPS) is 11.0. The first-order chi connectivity index (χ1) is 12.1. The molecular formula is C19H25N3O2S. The number of unbranched alkanes of at least 4 members (excludes halogenated alkanes) is 3. The van der Waals surface area contributed by atoms with Gasteiger partial charge in [0, 0.05) is 0 Å². The molecule has 2 rings (SSSR count). The molecule has 1 heterocycles. The lowest BCUT2D eigenvalue weighted by Crippen LogP contribution is -2.17. The summed E-state index contributed by atoms with van der Waals surface area (Å²) in [5.41, 5.74) is 4.17. The van der Waals surface area contributed by atoms with E-state index < -0.39 is 0 Å². The topological polar surface area (TPSA) is 63.6 Å². The molecule has 0 aliphatic rings. The highest BCUT2D eigenvalue weighted by atomic mass is 32.1. The van der Waals surface area contributed by atoms with Crippen molar-refractivity contribution >= 4 is 23.5 Å². The van der Waals surface area contributed by atoms with E-state index in [1.54, 1.807) is 6.21 Å². The number of carbonyl (C=O) groups is 1. The fourth-order valence-electron chi connectivity index (χ4n) is 2.33. The fraction of sp³-hybridized carbons (Fsp3) is 0.421. The number of hydrogen-bond donors (Lipinski definition) is 1. The Morgan fingerprint density at radius 2 is 2.00 bits per heavy atom. The standard InChI is InChI=1S/C19H25N3O2S/c1-4-5-6-7-12-24-17-10-8-16(9-11-17)13-20-22-19(23)18-14(2)21-15(3)25-18/h8-11,13H,4-7,12H2,1-3H3,(H,22,23)/b20-13+. The summed E-state index contributed by atoms with van der Waals surface area (Å²) in [5.74, 6) is 0.625. The maximum absolute atomic E-state index is 12.0. The van der Waals surface area contributed by atoms with Crippen LogP contribution >= 0.6 is 11.3 Å². The van der Waals surface area contributed by atoms with Crippen molar-refractivity contribution in [1.82, 2.24) is 10.4 Å². The number of hydrogen-bond acceptors (Lipinski definition) is 5. The van der Waals surface area contributed by atoms with Crippen LogP contribution in [-0.4, -0.2) is 23.7 Å². The van der Waals surface area contributed by atoms with E-state index in [0.29, 0.717) is 4.88 Å². The van der Waals surface area contributed by atoms with Gasteiger partial charge in [0.25, 0.3) is 5.91 Å². The molecule has 1 aromatic carbocycles. The van der Waals surface area contributed by atoms with E-state index in [0.717, 1.165) is 35.0 Å². The highest BCUT2D eigenvalue weighted by Crippen LogP contribution is 2.16. The Labute approximate surface area is 153 Å². The molecule has 0 radical (unpaired) electrons. The number of nitrogens with one attached hydrogen (secondary N) is 1. The van der Waals surface area contributed by atoms with Crippen molar-refractivity contribution in [2.24, 2.45) is 5.10 Å². The summed E-state index contributed by atoms with van der Waals surface area (Å²) in [6.45, 7) is 6.65. The minimum absolute atomic E-state index is 0.230. The lowest BCUT2D eigenvalue weighted by atomic mass is 10.2. The second-order valence-electron chi connectivity index (χ2n) is 5.82. The van der Waals surface area contributed by atoms with Crippen LogP contribution in [-0.2, 0) is 0 Å². The number of nitrogens with zero attached hydrogens (tertiary/aromatic N) is 2. The summed E-state index contributed by atoms with van der Waals surface area (Å²) in [4.78, 5) is 16.9. The van der Waals surface area contributed by atoms with E-state index in [9.17, 15) is 4.79 Å². The summed E-state index contributed by atoms with van der Waals surface area (Å²) in [6, 6.07) is 7.66. The zero-order valence-electron chi connectivity index (χ0n) is 15.0. The molecule has 0 bridgehead atoms. The van der Waals surface area contributed by atoms with Gasteiger partial charge in [-0.2, -0.15) is 5.10 Å². The third-order valence-electron chi connectivity index (χ3n) is 3.64. The van der Waals surface area contributed by atoms with Gasteiger partial charge >= 0.3 is 0 Å². The van der Waals surface area contributed by atoms with Gasteiger partial charge in [-0.15, -0.1) is 11.3 Å².